The van der Waals surface area contributed by atoms with Gasteiger partial charge in [0.25, 0.3) is 0 Å². The van der Waals surface area contributed by atoms with E-state index in [1.54, 1.807) is 11.1 Å². The minimum atomic E-state index is 0.00305. The summed E-state index contributed by atoms with van der Waals surface area (Å²) in [5.41, 5.74) is 15.8. The molecule has 1 aliphatic heterocycles. The molecule has 5 aliphatic carbocycles. The van der Waals surface area contributed by atoms with Gasteiger partial charge in [0.1, 0.15) is 11.2 Å². The Morgan fingerprint density at radius 3 is 2.31 bits per heavy atom. The molecule has 0 saturated heterocycles. The standard InChI is InChI=1S/C56H40N2O/c1-2-12-36-26-40(24-23-35(36)11-1)57(39-14-9-13-37(27-39)42-17-10-18-45-44-16-4-8-22-51(44)59-53(42)45)41-28-46-43-15-3-6-20-49(43)58-50-21-7-5-19-47(50)56(48(29-41)52(46)58)38-25-34-30-54(32-38)33-55(54,56)31-34/h1-24,26-29,34,38H,25,30-33H2/t34-,38-,54?,55+,56?/m0/s1. The highest BCUT2D eigenvalue weighted by molar-refractivity contribution is 6.14. The zero-order chi connectivity index (χ0) is 38.2. The fourth-order valence-electron chi connectivity index (χ4n) is 14.5. The molecule has 3 nitrogen and oxygen atoms in total. The van der Waals surface area contributed by atoms with Crippen molar-refractivity contribution in [3.8, 4) is 16.8 Å². The highest BCUT2D eigenvalue weighted by Crippen LogP contribution is 2.94. The maximum Gasteiger partial charge on any atom is 0.143 e. The summed E-state index contributed by atoms with van der Waals surface area (Å²) in [6.45, 7) is 0. The van der Waals surface area contributed by atoms with Crippen LogP contribution in [0.4, 0.5) is 17.1 Å². The first-order valence-corrected chi connectivity index (χ1v) is 21.6. The van der Waals surface area contributed by atoms with Crippen LogP contribution in [0.2, 0.25) is 0 Å². The average molecular weight is 757 g/mol. The molecular formula is C56H40N2O. The van der Waals surface area contributed by atoms with Crippen LogP contribution >= 0.6 is 0 Å². The van der Waals surface area contributed by atoms with E-state index in [-0.39, 0.29) is 5.41 Å². The van der Waals surface area contributed by atoms with Gasteiger partial charge in [-0.05, 0) is 137 Å². The molecule has 10 aromatic rings. The summed E-state index contributed by atoms with van der Waals surface area (Å²) >= 11 is 0. The first-order valence-electron chi connectivity index (χ1n) is 21.6. The van der Waals surface area contributed by atoms with Crippen LogP contribution in [-0.4, -0.2) is 4.57 Å². The molecule has 59 heavy (non-hydrogen) atoms. The summed E-state index contributed by atoms with van der Waals surface area (Å²) in [6, 6.07) is 63.8. The van der Waals surface area contributed by atoms with Gasteiger partial charge in [-0.1, -0.05) is 115 Å². The Labute approximate surface area is 342 Å². The Morgan fingerprint density at radius 1 is 0.559 bits per heavy atom. The molecule has 3 spiro atoms. The van der Waals surface area contributed by atoms with Crippen LogP contribution in [0.1, 0.15) is 43.2 Å². The van der Waals surface area contributed by atoms with Gasteiger partial charge >= 0.3 is 0 Å². The van der Waals surface area contributed by atoms with Crippen LogP contribution in [-0.2, 0) is 5.41 Å². The van der Waals surface area contributed by atoms with Gasteiger partial charge in [0.05, 0.1) is 16.7 Å². The van der Waals surface area contributed by atoms with Crippen molar-refractivity contribution in [2.45, 2.75) is 37.5 Å². The zero-order valence-electron chi connectivity index (χ0n) is 32.7. The number of nitrogens with zero attached hydrogens (tertiary/aromatic N) is 2. The van der Waals surface area contributed by atoms with Crippen LogP contribution in [0.15, 0.2) is 174 Å². The summed E-state index contributed by atoms with van der Waals surface area (Å²) < 4.78 is 9.25. The lowest BCUT2D eigenvalue weighted by Crippen LogP contribution is -2.48. The van der Waals surface area contributed by atoms with Gasteiger partial charge in [0.15, 0.2) is 0 Å². The Kier molecular flexibility index (Phi) is 5.61. The third kappa shape index (κ3) is 3.65. The minimum absolute atomic E-state index is 0.00305. The van der Waals surface area contributed by atoms with Crippen LogP contribution in [0.5, 0.6) is 0 Å². The van der Waals surface area contributed by atoms with Crippen molar-refractivity contribution < 1.29 is 4.42 Å². The first kappa shape index (κ1) is 31.4. The third-order valence-electron chi connectivity index (χ3n) is 16.3. The maximum absolute atomic E-state index is 6.61. The number of rotatable bonds is 4. The second-order valence-electron chi connectivity index (χ2n) is 18.7. The molecule has 4 bridgehead atoms. The van der Waals surface area contributed by atoms with E-state index in [4.69, 9.17) is 4.42 Å². The van der Waals surface area contributed by atoms with Crippen molar-refractivity contribution in [1.29, 1.82) is 0 Å². The fraction of sp³-hybridized carbons (Fsp3) is 0.179. The van der Waals surface area contributed by atoms with Gasteiger partial charge in [-0.3, -0.25) is 0 Å². The molecule has 3 heteroatoms. The normalized spacial score (nSPS) is 25.5. The first-order chi connectivity index (χ1) is 29.1. The quantitative estimate of drug-likeness (QED) is 0.178. The van der Waals surface area contributed by atoms with E-state index in [9.17, 15) is 0 Å². The van der Waals surface area contributed by atoms with Crippen LogP contribution in [0.25, 0.3) is 71.3 Å². The fourth-order valence-corrected chi connectivity index (χ4v) is 14.5. The van der Waals surface area contributed by atoms with E-state index in [0.29, 0.717) is 16.7 Å². The van der Waals surface area contributed by atoms with Crippen LogP contribution in [0, 0.1) is 22.7 Å². The maximum atomic E-state index is 6.61. The zero-order valence-corrected chi connectivity index (χ0v) is 32.7. The molecule has 6 aliphatic rings. The lowest BCUT2D eigenvalue weighted by atomic mass is 9.52. The molecule has 0 amide bonds. The lowest BCUT2D eigenvalue weighted by Gasteiger charge is -2.52. The molecule has 5 fully saturated rings. The van der Waals surface area contributed by atoms with Gasteiger partial charge in [-0.15, -0.1) is 0 Å². The summed E-state index contributed by atoms with van der Waals surface area (Å²) in [7, 11) is 0. The molecule has 280 valence electrons. The van der Waals surface area contributed by atoms with Gasteiger partial charge in [-0.2, -0.15) is 0 Å². The number of furan rings is 1. The molecule has 3 heterocycles. The molecule has 2 aromatic heterocycles. The summed E-state index contributed by atoms with van der Waals surface area (Å²) in [4.78, 5) is 2.55. The van der Waals surface area contributed by atoms with E-state index in [2.05, 4.69) is 179 Å². The number of fused-ring (bicyclic) bond motifs is 9. The Hall–Kier alpha value is -6.58. The Morgan fingerprint density at radius 2 is 1.36 bits per heavy atom. The molecule has 0 radical (unpaired) electrons. The molecule has 16 rings (SSSR count). The molecule has 2 unspecified atom stereocenters. The molecule has 5 atom stereocenters. The highest BCUT2D eigenvalue weighted by Gasteiger charge is 2.88. The van der Waals surface area contributed by atoms with E-state index in [1.807, 2.05) is 0 Å². The molecule has 5 saturated carbocycles. The van der Waals surface area contributed by atoms with Crippen molar-refractivity contribution in [2.24, 2.45) is 22.7 Å². The van der Waals surface area contributed by atoms with Crippen LogP contribution in [0.3, 0.4) is 0 Å². The monoisotopic (exact) mass is 756 g/mol. The van der Waals surface area contributed by atoms with E-state index < -0.39 is 0 Å². The van der Waals surface area contributed by atoms with Crippen LogP contribution < -0.4 is 4.90 Å². The SMILES string of the molecule is c1cc(-c2cccc3c2oc2ccccc23)cc(N(c2ccc3ccccc3c2)c2cc3c4c(c2)c2ccccc2n4-c2ccccc2C32[C@H]3C[C@H]4CC5(C3)C[C@]52C4)c1. The Bertz CT molecular complexity index is 3500. The number of benzene rings is 8. The van der Waals surface area contributed by atoms with E-state index in [0.717, 1.165) is 44.7 Å². The van der Waals surface area contributed by atoms with Gasteiger partial charge in [0, 0.05) is 49.6 Å². The minimum Gasteiger partial charge on any atom is -0.455 e. The highest BCUT2D eigenvalue weighted by atomic mass is 16.3. The second-order valence-corrected chi connectivity index (χ2v) is 18.7. The van der Waals surface area contributed by atoms with Crippen molar-refractivity contribution >= 4 is 71.6 Å². The second kappa shape index (κ2) is 10.5. The largest absolute Gasteiger partial charge is 0.455 e. The van der Waals surface area contributed by atoms with Crippen molar-refractivity contribution in [1.82, 2.24) is 4.57 Å². The summed E-state index contributed by atoms with van der Waals surface area (Å²) in [5, 5.41) is 7.49. The Balaban J connectivity index is 1.03. The topological polar surface area (TPSA) is 21.3 Å². The van der Waals surface area contributed by atoms with Crippen molar-refractivity contribution in [3.05, 3.63) is 181 Å². The molecule has 0 N–H and O–H groups in total. The van der Waals surface area contributed by atoms with Crippen molar-refractivity contribution in [3.63, 3.8) is 0 Å². The predicted molar refractivity (Wildman–Crippen MR) is 241 cm³/mol. The number of hydrogen-bond donors (Lipinski definition) is 0. The van der Waals surface area contributed by atoms with Gasteiger partial charge in [-0.25, -0.2) is 0 Å². The van der Waals surface area contributed by atoms with Gasteiger partial charge < -0.3 is 13.9 Å². The third-order valence-corrected chi connectivity index (χ3v) is 16.3. The number of para-hydroxylation sites is 4. The summed E-state index contributed by atoms with van der Waals surface area (Å²) in [5.74, 6) is 1.55. The molecular weight excluding hydrogens is 717 g/mol. The van der Waals surface area contributed by atoms with E-state index >= 15 is 0 Å². The van der Waals surface area contributed by atoms with Crippen molar-refractivity contribution in [2.75, 3.05) is 4.90 Å². The predicted octanol–water partition coefficient (Wildman–Crippen LogP) is 14.8. The number of hydrogen-bond acceptors (Lipinski definition) is 2. The number of anilines is 3. The van der Waals surface area contributed by atoms with E-state index in [1.165, 1.54) is 81.7 Å². The smallest absolute Gasteiger partial charge is 0.143 e. The summed E-state index contributed by atoms with van der Waals surface area (Å²) in [6.07, 6.45) is 6.94. The lowest BCUT2D eigenvalue weighted by molar-refractivity contribution is 0.117. The molecule has 8 aromatic carbocycles. The van der Waals surface area contributed by atoms with Gasteiger partial charge in [0.2, 0.25) is 0 Å². The average Bonchev–Trinajstić information content (AvgIpc) is 3.53. The number of aromatic nitrogens is 1.